The lowest BCUT2D eigenvalue weighted by Crippen LogP contribution is -2.35. The van der Waals surface area contributed by atoms with E-state index in [4.69, 9.17) is 5.11 Å². The van der Waals surface area contributed by atoms with Crippen molar-refractivity contribution in [3.05, 3.63) is 0 Å². The summed E-state index contributed by atoms with van der Waals surface area (Å²) in [6, 6.07) is -1.01. The molecular formula is C7H13NO5S. The van der Waals surface area contributed by atoms with Crippen LogP contribution in [0.4, 0.5) is 0 Å². The number of nitrogens with one attached hydrogen (secondary N) is 1. The molecule has 2 N–H and O–H groups in total. The Bertz CT molecular complexity index is 297. The van der Waals surface area contributed by atoms with Gasteiger partial charge in [0.1, 0.15) is 15.9 Å². The standard InChI is InChI=1S/C7H13NO5S/c1-14(12,13)4-2-3-6(7(10)11)8-5-9/h5-6H,2-4H2,1H3,(H,8,9)(H,10,11). The molecule has 1 amide bonds. The molecule has 0 aliphatic heterocycles. The van der Waals surface area contributed by atoms with Gasteiger partial charge < -0.3 is 10.4 Å². The Morgan fingerprint density at radius 3 is 2.50 bits per heavy atom. The van der Waals surface area contributed by atoms with Gasteiger partial charge in [-0.15, -0.1) is 0 Å². The van der Waals surface area contributed by atoms with E-state index in [2.05, 4.69) is 5.32 Å². The molecule has 0 aromatic carbocycles. The van der Waals surface area contributed by atoms with E-state index >= 15 is 0 Å². The number of carboxylic acid groups (broad SMARTS) is 1. The highest BCUT2D eigenvalue weighted by Gasteiger charge is 2.16. The number of hydrogen-bond acceptors (Lipinski definition) is 4. The summed E-state index contributed by atoms with van der Waals surface area (Å²) in [6.45, 7) is 0. The molecule has 0 spiro atoms. The van der Waals surface area contributed by atoms with Crippen molar-refractivity contribution in [3.8, 4) is 0 Å². The van der Waals surface area contributed by atoms with Gasteiger partial charge in [0.2, 0.25) is 6.41 Å². The van der Waals surface area contributed by atoms with Gasteiger partial charge in [0, 0.05) is 12.0 Å². The lowest BCUT2D eigenvalue weighted by Gasteiger charge is -2.09. The SMILES string of the molecule is CS(=O)(=O)CCCC(NC=O)C(=O)O. The van der Waals surface area contributed by atoms with Gasteiger partial charge in [-0.25, -0.2) is 13.2 Å². The molecule has 0 heterocycles. The number of carbonyl (C=O) groups is 2. The zero-order chi connectivity index (χ0) is 11.2. The third-order valence-corrected chi connectivity index (χ3v) is 2.61. The first kappa shape index (κ1) is 12.9. The summed E-state index contributed by atoms with van der Waals surface area (Å²) in [7, 11) is -3.07. The maximum Gasteiger partial charge on any atom is 0.326 e. The molecule has 0 radical (unpaired) electrons. The van der Waals surface area contributed by atoms with Crippen LogP contribution in [0.15, 0.2) is 0 Å². The van der Waals surface area contributed by atoms with Crippen LogP contribution in [-0.2, 0) is 19.4 Å². The monoisotopic (exact) mass is 223 g/mol. The fourth-order valence-electron chi connectivity index (χ4n) is 0.910. The van der Waals surface area contributed by atoms with Crippen molar-refractivity contribution >= 4 is 22.2 Å². The second-order valence-electron chi connectivity index (χ2n) is 2.95. The summed E-state index contributed by atoms with van der Waals surface area (Å²) in [5, 5.41) is 10.7. The number of carboxylic acids is 1. The van der Waals surface area contributed by atoms with Gasteiger partial charge >= 0.3 is 5.97 Å². The van der Waals surface area contributed by atoms with Crippen molar-refractivity contribution in [2.75, 3.05) is 12.0 Å². The van der Waals surface area contributed by atoms with Crippen LogP contribution in [-0.4, -0.2) is 44.0 Å². The minimum absolute atomic E-state index is 0.0721. The zero-order valence-electron chi connectivity index (χ0n) is 7.76. The van der Waals surface area contributed by atoms with Crippen molar-refractivity contribution < 1.29 is 23.1 Å². The Morgan fingerprint density at radius 2 is 2.14 bits per heavy atom. The lowest BCUT2D eigenvalue weighted by molar-refractivity contribution is -0.140. The quantitative estimate of drug-likeness (QED) is 0.540. The van der Waals surface area contributed by atoms with Crippen LogP contribution in [0.5, 0.6) is 0 Å². The molecule has 0 aliphatic carbocycles. The van der Waals surface area contributed by atoms with Gasteiger partial charge in [0.15, 0.2) is 0 Å². The van der Waals surface area contributed by atoms with E-state index in [0.29, 0.717) is 6.41 Å². The van der Waals surface area contributed by atoms with E-state index in [1.807, 2.05) is 0 Å². The predicted molar refractivity (Wildman–Crippen MR) is 49.6 cm³/mol. The van der Waals surface area contributed by atoms with Crippen molar-refractivity contribution in [3.63, 3.8) is 0 Å². The first-order valence-electron chi connectivity index (χ1n) is 3.97. The summed E-state index contributed by atoms with van der Waals surface area (Å²) in [5.41, 5.74) is 0. The van der Waals surface area contributed by atoms with Gasteiger partial charge in [0.05, 0.1) is 0 Å². The Hall–Kier alpha value is -1.11. The number of hydrogen-bond donors (Lipinski definition) is 2. The van der Waals surface area contributed by atoms with Gasteiger partial charge in [0.25, 0.3) is 0 Å². The minimum Gasteiger partial charge on any atom is -0.480 e. The van der Waals surface area contributed by atoms with Crippen LogP contribution in [0.25, 0.3) is 0 Å². The number of carbonyl (C=O) groups excluding carboxylic acids is 1. The van der Waals surface area contributed by atoms with Crippen molar-refractivity contribution in [2.24, 2.45) is 0 Å². The first-order chi connectivity index (χ1) is 6.37. The third kappa shape index (κ3) is 6.41. The number of rotatable bonds is 7. The van der Waals surface area contributed by atoms with Gasteiger partial charge in [-0.2, -0.15) is 0 Å². The lowest BCUT2D eigenvalue weighted by atomic mass is 10.2. The zero-order valence-corrected chi connectivity index (χ0v) is 8.58. The number of sulfone groups is 1. The Kier molecular flexibility index (Phi) is 5.14. The van der Waals surface area contributed by atoms with Crippen molar-refractivity contribution in [1.29, 1.82) is 0 Å². The summed E-state index contributed by atoms with van der Waals surface area (Å²) in [5.74, 6) is -1.23. The molecule has 0 aromatic heterocycles. The molecular weight excluding hydrogens is 210 g/mol. The maximum absolute atomic E-state index is 10.7. The molecule has 0 aromatic rings. The van der Waals surface area contributed by atoms with E-state index in [0.717, 1.165) is 6.26 Å². The predicted octanol–water partition coefficient (Wildman–Crippen LogP) is -0.990. The summed E-state index contributed by atoms with van der Waals surface area (Å²) in [4.78, 5) is 20.5. The molecule has 0 rings (SSSR count). The topological polar surface area (TPSA) is 101 Å². The van der Waals surface area contributed by atoms with Gasteiger partial charge in [-0.1, -0.05) is 0 Å². The molecule has 1 atom stereocenters. The van der Waals surface area contributed by atoms with E-state index in [9.17, 15) is 18.0 Å². The molecule has 14 heavy (non-hydrogen) atoms. The molecule has 0 fully saturated rings. The fourth-order valence-corrected chi connectivity index (χ4v) is 1.60. The number of aliphatic carboxylic acids is 1. The highest BCUT2D eigenvalue weighted by molar-refractivity contribution is 7.90. The molecule has 0 aliphatic rings. The van der Waals surface area contributed by atoms with Crippen LogP contribution < -0.4 is 5.32 Å². The smallest absolute Gasteiger partial charge is 0.326 e. The van der Waals surface area contributed by atoms with E-state index in [-0.39, 0.29) is 18.6 Å². The van der Waals surface area contributed by atoms with Gasteiger partial charge in [-0.3, -0.25) is 4.79 Å². The average molecular weight is 223 g/mol. The summed E-state index contributed by atoms with van der Waals surface area (Å²) >= 11 is 0. The van der Waals surface area contributed by atoms with E-state index in [1.54, 1.807) is 0 Å². The maximum atomic E-state index is 10.7. The van der Waals surface area contributed by atoms with Crippen molar-refractivity contribution in [1.82, 2.24) is 5.32 Å². The summed E-state index contributed by atoms with van der Waals surface area (Å²) in [6.07, 6.45) is 1.70. The van der Waals surface area contributed by atoms with Crippen LogP contribution >= 0.6 is 0 Å². The van der Waals surface area contributed by atoms with Crippen molar-refractivity contribution in [2.45, 2.75) is 18.9 Å². The molecule has 7 heteroatoms. The molecule has 0 saturated heterocycles. The Balaban J connectivity index is 3.95. The second kappa shape index (κ2) is 5.58. The van der Waals surface area contributed by atoms with E-state index < -0.39 is 21.8 Å². The largest absolute Gasteiger partial charge is 0.480 e. The molecule has 0 saturated carbocycles. The van der Waals surface area contributed by atoms with Crippen LogP contribution in [0.2, 0.25) is 0 Å². The molecule has 1 unspecified atom stereocenters. The van der Waals surface area contributed by atoms with Gasteiger partial charge in [-0.05, 0) is 12.8 Å². The van der Waals surface area contributed by atoms with Crippen LogP contribution in [0.3, 0.4) is 0 Å². The third-order valence-electron chi connectivity index (χ3n) is 1.58. The van der Waals surface area contributed by atoms with Crippen LogP contribution in [0.1, 0.15) is 12.8 Å². The molecule has 82 valence electrons. The highest BCUT2D eigenvalue weighted by Crippen LogP contribution is 1.99. The normalized spacial score (nSPS) is 13.2. The Labute approximate surface area is 82.2 Å². The second-order valence-corrected chi connectivity index (χ2v) is 5.21. The highest BCUT2D eigenvalue weighted by atomic mass is 32.2. The number of amides is 1. The fraction of sp³-hybridized carbons (Fsp3) is 0.714. The van der Waals surface area contributed by atoms with E-state index in [1.165, 1.54) is 0 Å². The minimum atomic E-state index is -3.07. The first-order valence-corrected chi connectivity index (χ1v) is 6.03. The summed E-state index contributed by atoms with van der Waals surface area (Å²) < 4.78 is 21.4. The molecule has 6 nitrogen and oxygen atoms in total. The van der Waals surface area contributed by atoms with Crippen LogP contribution in [0, 0.1) is 0 Å². The average Bonchev–Trinajstić information content (AvgIpc) is 2.00. The molecule has 0 bridgehead atoms. The Morgan fingerprint density at radius 1 is 1.57 bits per heavy atom.